The summed E-state index contributed by atoms with van der Waals surface area (Å²) in [6.07, 6.45) is 2.97. The average Bonchev–Trinajstić information content (AvgIpc) is 2.90. The molecule has 0 saturated carbocycles. The van der Waals surface area contributed by atoms with Crippen LogP contribution in [0.15, 0.2) is 6.07 Å². The average molecular weight is 293 g/mol. The Morgan fingerprint density at radius 3 is 2.90 bits per heavy atom. The predicted molar refractivity (Wildman–Crippen MR) is 81.9 cm³/mol. The number of nitrogens with zero attached hydrogens (tertiary/aromatic N) is 3. The van der Waals surface area contributed by atoms with Crippen molar-refractivity contribution in [1.29, 1.82) is 0 Å². The molecule has 1 fully saturated rings. The highest BCUT2D eigenvalue weighted by Gasteiger charge is 2.27. The summed E-state index contributed by atoms with van der Waals surface area (Å²) in [5.74, 6) is -0.0113. The number of hydrogen-bond donors (Lipinski definition) is 0. The van der Waals surface area contributed by atoms with E-state index in [2.05, 4.69) is 34.6 Å². The molecular formula is C16H27N3O2. The van der Waals surface area contributed by atoms with E-state index in [1.54, 1.807) is 0 Å². The lowest BCUT2D eigenvalue weighted by Gasteiger charge is -2.31. The van der Waals surface area contributed by atoms with Crippen LogP contribution in [0.25, 0.3) is 0 Å². The van der Waals surface area contributed by atoms with Crippen LogP contribution in [-0.4, -0.2) is 40.3 Å². The van der Waals surface area contributed by atoms with Crippen molar-refractivity contribution in [3.05, 3.63) is 17.5 Å². The normalized spacial score (nSPS) is 19.7. The van der Waals surface area contributed by atoms with Gasteiger partial charge in [-0.05, 0) is 45.7 Å². The largest absolute Gasteiger partial charge is 0.466 e. The lowest BCUT2D eigenvalue weighted by Crippen LogP contribution is -2.39. The summed E-state index contributed by atoms with van der Waals surface area (Å²) in [6, 6.07) is 2.19. The van der Waals surface area contributed by atoms with Crippen molar-refractivity contribution in [2.24, 2.45) is 5.92 Å². The van der Waals surface area contributed by atoms with Crippen LogP contribution in [0.3, 0.4) is 0 Å². The molecule has 0 radical (unpaired) electrons. The molecule has 1 aromatic heterocycles. The van der Waals surface area contributed by atoms with Gasteiger partial charge < -0.3 is 4.74 Å². The summed E-state index contributed by atoms with van der Waals surface area (Å²) in [6.45, 7) is 10.2. The first-order valence-electron chi connectivity index (χ1n) is 8.12. The molecule has 0 amide bonds. The van der Waals surface area contributed by atoms with Gasteiger partial charge in [0.2, 0.25) is 0 Å². The Bertz CT molecular complexity index is 470. The second kappa shape index (κ2) is 7.59. The first kappa shape index (κ1) is 16.0. The summed E-state index contributed by atoms with van der Waals surface area (Å²) >= 11 is 0. The van der Waals surface area contributed by atoms with Gasteiger partial charge in [-0.3, -0.25) is 14.4 Å². The van der Waals surface area contributed by atoms with E-state index in [0.717, 1.165) is 51.1 Å². The van der Waals surface area contributed by atoms with Crippen molar-refractivity contribution in [3.8, 4) is 0 Å². The molecule has 0 unspecified atom stereocenters. The maximum absolute atomic E-state index is 11.9. The van der Waals surface area contributed by atoms with Crippen molar-refractivity contribution in [2.75, 3.05) is 19.7 Å². The van der Waals surface area contributed by atoms with Gasteiger partial charge in [-0.25, -0.2) is 0 Å². The molecule has 5 nitrogen and oxygen atoms in total. The quantitative estimate of drug-likeness (QED) is 0.755. The number of carbonyl (C=O) groups is 1. The molecule has 0 N–H and O–H groups in total. The molecule has 1 saturated heterocycles. The first-order valence-corrected chi connectivity index (χ1v) is 8.12. The van der Waals surface area contributed by atoms with Crippen LogP contribution in [-0.2, 0) is 29.0 Å². The maximum Gasteiger partial charge on any atom is 0.310 e. The van der Waals surface area contributed by atoms with Gasteiger partial charge >= 0.3 is 5.97 Å². The first-order chi connectivity index (χ1) is 10.2. The van der Waals surface area contributed by atoms with E-state index in [4.69, 9.17) is 4.74 Å². The van der Waals surface area contributed by atoms with Gasteiger partial charge in [-0.15, -0.1) is 0 Å². The number of esters is 1. The van der Waals surface area contributed by atoms with E-state index in [9.17, 15) is 4.79 Å². The molecule has 0 aliphatic carbocycles. The zero-order valence-electron chi connectivity index (χ0n) is 13.5. The third kappa shape index (κ3) is 4.06. The highest BCUT2D eigenvalue weighted by atomic mass is 16.5. The van der Waals surface area contributed by atoms with Crippen molar-refractivity contribution in [2.45, 2.75) is 53.1 Å². The monoisotopic (exact) mass is 293 g/mol. The number of rotatable bonds is 6. The number of hydrogen-bond acceptors (Lipinski definition) is 4. The molecule has 5 heteroatoms. The van der Waals surface area contributed by atoms with Crippen LogP contribution in [0.4, 0.5) is 0 Å². The summed E-state index contributed by atoms with van der Waals surface area (Å²) < 4.78 is 7.24. The van der Waals surface area contributed by atoms with Crippen molar-refractivity contribution in [3.63, 3.8) is 0 Å². The van der Waals surface area contributed by atoms with Gasteiger partial charge in [-0.1, -0.05) is 6.92 Å². The fourth-order valence-electron chi connectivity index (χ4n) is 2.97. The third-order valence-corrected chi connectivity index (χ3v) is 4.09. The fourth-order valence-corrected chi connectivity index (χ4v) is 2.97. The van der Waals surface area contributed by atoms with E-state index in [1.807, 2.05) is 6.92 Å². The topological polar surface area (TPSA) is 47.4 Å². The van der Waals surface area contributed by atoms with Gasteiger partial charge in [0.1, 0.15) is 0 Å². The smallest absolute Gasteiger partial charge is 0.310 e. The molecule has 1 aromatic rings. The van der Waals surface area contributed by atoms with Crippen LogP contribution in [0.5, 0.6) is 0 Å². The predicted octanol–water partition coefficient (Wildman–Crippen LogP) is 2.24. The summed E-state index contributed by atoms with van der Waals surface area (Å²) in [7, 11) is 0. The molecule has 118 valence electrons. The van der Waals surface area contributed by atoms with Crippen LogP contribution in [0.2, 0.25) is 0 Å². The van der Waals surface area contributed by atoms with Crippen LogP contribution < -0.4 is 0 Å². The molecule has 2 heterocycles. The van der Waals surface area contributed by atoms with E-state index in [0.29, 0.717) is 6.61 Å². The minimum Gasteiger partial charge on any atom is -0.466 e. The summed E-state index contributed by atoms with van der Waals surface area (Å²) in [5, 5.41) is 4.59. The molecule has 2 rings (SSSR count). The second-order valence-electron chi connectivity index (χ2n) is 5.62. The molecule has 1 aliphatic heterocycles. The number of likely N-dealkylation sites (tertiary alicyclic amines) is 1. The Morgan fingerprint density at radius 1 is 1.43 bits per heavy atom. The molecule has 21 heavy (non-hydrogen) atoms. The minimum absolute atomic E-state index is 0.0299. The van der Waals surface area contributed by atoms with Crippen molar-refractivity contribution >= 4 is 5.97 Å². The molecular weight excluding hydrogens is 266 g/mol. The molecule has 0 spiro atoms. The Morgan fingerprint density at radius 2 is 2.24 bits per heavy atom. The summed E-state index contributed by atoms with van der Waals surface area (Å²) in [4.78, 5) is 14.3. The van der Waals surface area contributed by atoms with Crippen LogP contribution in [0, 0.1) is 5.92 Å². The van der Waals surface area contributed by atoms with Crippen molar-refractivity contribution < 1.29 is 9.53 Å². The van der Waals surface area contributed by atoms with E-state index >= 15 is 0 Å². The number of carbonyl (C=O) groups excluding carboxylic acids is 1. The van der Waals surface area contributed by atoms with E-state index < -0.39 is 0 Å². The Labute approximate surface area is 127 Å². The fraction of sp³-hybridized carbons (Fsp3) is 0.750. The number of aromatic nitrogens is 2. The van der Waals surface area contributed by atoms with Gasteiger partial charge in [0.05, 0.1) is 23.9 Å². The number of aryl methyl sites for hydroxylation is 2. The minimum atomic E-state index is -0.0413. The Hall–Kier alpha value is -1.36. The zero-order valence-corrected chi connectivity index (χ0v) is 13.5. The Kier molecular flexibility index (Phi) is 5.79. The molecule has 0 bridgehead atoms. The highest BCUT2D eigenvalue weighted by Crippen LogP contribution is 2.20. The van der Waals surface area contributed by atoms with Gasteiger partial charge in [0.25, 0.3) is 0 Å². The lowest BCUT2D eigenvalue weighted by atomic mass is 9.98. The molecule has 0 aromatic carbocycles. The van der Waals surface area contributed by atoms with Gasteiger partial charge in [0.15, 0.2) is 0 Å². The van der Waals surface area contributed by atoms with Gasteiger partial charge in [0, 0.05) is 19.6 Å². The van der Waals surface area contributed by atoms with Crippen molar-refractivity contribution in [1.82, 2.24) is 14.7 Å². The van der Waals surface area contributed by atoms with Gasteiger partial charge in [-0.2, -0.15) is 5.10 Å². The number of piperidine rings is 1. The Balaban J connectivity index is 1.99. The zero-order chi connectivity index (χ0) is 15.2. The standard InChI is InChI=1S/C16H27N3O2/c1-4-14-10-15(19(5-2)17-14)12-18-9-7-8-13(11-18)16(20)21-6-3/h10,13H,4-9,11-12H2,1-3H3/t13-/m1/s1. The van der Waals surface area contributed by atoms with Crippen LogP contribution >= 0.6 is 0 Å². The van der Waals surface area contributed by atoms with E-state index in [-0.39, 0.29) is 11.9 Å². The molecule has 1 atom stereocenters. The SMILES string of the molecule is CCOC(=O)[C@@H]1CCCN(Cc2cc(CC)nn2CC)C1. The second-order valence-corrected chi connectivity index (χ2v) is 5.62. The summed E-state index contributed by atoms with van der Waals surface area (Å²) in [5.41, 5.74) is 2.39. The van der Waals surface area contributed by atoms with E-state index in [1.165, 1.54) is 5.69 Å². The number of ether oxygens (including phenoxy) is 1. The third-order valence-electron chi connectivity index (χ3n) is 4.09. The molecule has 1 aliphatic rings. The van der Waals surface area contributed by atoms with Crippen LogP contribution in [0.1, 0.15) is 45.0 Å². The maximum atomic E-state index is 11.9. The highest BCUT2D eigenvalue weighted by molar-refractivity contribution is 5.72. The lowest BCUT2D eigenvalue weighted by molar-refractivity contribution is -0.150.